The Morgan fingerprint density at radius 3 is 2.50 bits per heavy atom. The Morgan fingerprint density at radius 1 is 1.30 bits per heavy atom. The minimum absolute atomic E-state index is 0.110. The number of ether oxygens (including phenoxy) is 1. The molecule has 0 aliphatic heterocycles. The van der Waals surface area contributed by atoms with Crippen molar-refractivity contribution in [2.24, 2.45) is 0 Å². The molecule has 0 N–H and O–H groups in total. The lowest BCUT2D eigenvalue weighted by molar-refractivity contribution is -0.385. The van der Waals surface area contributed by atoms with Crippen molar-refractivity contribution >= 4 is 21.6 Å². The topological polar surface area (TPSA) is 76.2 Å². The minimum Gasteiger partial charge on any atom is -0.450 e. The molecule has 20 heavy (non-hydrogen) atoms. The maximum Gasteiger partial charge on any atom is 0.312 e. The fourth-order valence-corrected chi connectivity index (χ4v) is 2.26. The fraction of sp³-hybridized carbons (Fsp3) is 0.0714. The Kier molecular flexibility index (Phi) is 4.01. The van der Waals surface area contributed by atoms with Gasteiger partial charge in [-0.3, -0.25) is 10.1 Å². The van der Waals surface area contributed by atoms with Gasteiger partial charge in [0, 0.05) is 10.5 Å². The van der Waals surface area contributed by atoms with Crippen molar-refractivity contribution in [3.05, 3.63) is 62.1 Å². The van der Waals surface area contributed by atoms with Crippen LogP contribution in [0.25, 0.3) is 0 Å². The predicted molar refractivity (Wildman–Crippen MR) is 76.8 cm³/mol. The highest BCUT2D eigenvalue weighted by Gasteiger charge is 2.19. The van der Waals surface area contributed by atoms with Crippen LogP contribution < -0.4 is 4.74 Å². The van der Waals surface area contributed by atoms with Gasteiger partial charge in [-0.2, -0.15) is 5.26 Å². The molecule has 2 aromatic carbocycles. The summed E-state index contributed by atoms with van der Waals surface area (Å²) in [6.45, 7) is 1.73. The van der Waals surface area contributed by atoms with E-state index >= 15 is 0 Å². The summed E-state index contributed by atoms with van der Waals surface area (Å²) in [7, 11) is 0. The molecule has 0 spiro atoms. The number of benzene rings is 2. The fourth-order valence-electron chi connectivity index (χ4n) is 1.70. The highest BCUT2D eigenvalue weighted by Crippen LogP contribution is 2.37. The number of nitro benzene ring substituents is 1. The smallest absolute Gasteiger partial charge is 0.312 e. The van der Waals surface area contributed by atoms with Crippen molar-refractivity contribution in [2.75, 3.05) is 0 Å². The number of aryl methyl sites for hydroxylation is 1. The van der Waals surface area contributed by atoms with Crippen LogP contribution in [0.2, 0.25) is 0 Å². The van der Waals surface area contributed by atoms with Gasteiger partial charge in [0.15, 0.2) is 0 Å². The van der Waals surface area contributed by atoms with Crippen LogP contribution in [-0.4, -0.2) is 4.92 Å². The second-order valence-corrected chi connectivity index (χ2v) is 4.98. The first kappa shape index (κ1) is 14.0. The summed E-state index contributed by atoms with van der Waals surface area (Å²) in [5.74, 6) is 0.639. The van der Waals surface area contributed by atoms with E-state index in [-0.39, 0.29) is 11.4 Å². The normalized spacial score (nSPS) is 9.85. The van der Waals surface area contributed by atoms with Crippen molar-refractivity contribution in [3.8, 4) is 17.6 Å². The van der Waals surface area contributed by atoms with E-state index in [1.807, 2.05) is 6.07 Å². The van der Waals surface area contributed by atoms with Gasteiger partial charge in [0.05, 0.1) is 16.6 Å². The van der Waals surface area contributed by atoms with Gasteiger partial charge in [-0.15, -0.1) is 0 Å². The summed E-state index contributed by atoms with van der Waals surface area (Å²) < 4.78 is 6.20. The van der Waals surface area contributed by atoms with Crippen LogP contribution in [0, 0.1) is 28.4 Å². The number of hydrogen-bond donors (Lipinski definition) is 0. The van der Waals surface area contributed by atoms with Crippen LogP contribution >= 0.6 is 15.9 Å². The zero-order valence-electron chi connectivity index (χ0n) is 10.5. The van der Waals surface area contributed by atoms with Crippen molar-refractivity contribution in [2.45, 2.75) is 6.92 Å². The first-order chi connectivity index (χ1) is 9.51. The number of nitriles is 1. The molecule has 0 unspecified atom stereocenters. The summed E-state index contributed by atoms with van der Waals surface area (Å²) in [4.78, 5) is 10.6. The third kappa shape index (κ3) is 2.95. The maximum atomic E-state index is 11.1. The molecule has 2 rings (SSSR count). The van der Waals surface area contributed by atoms with Crippen molar-refractivity contribution in [1.29, 1.82) is 5.26 Å². The molecule has 100 valence electrons. The quantitative estimate of drug-likeness (QED) is 0.619. The molecule has 0 fully saturated rings. The third-order valence-electron chi connectivity index (χ3n) is 2.62. The second-order valence-electron chi connectivity index (χ2n) is 4.07. The average molecular weight is 333 g/mol. The standard InChI is InChI=1S/C14H9BrN2O3/c1-9-6-11(15)7-13(17(18)19)14(9)20-12-4-2-10(8-16)3-5-12/h2-7H,1H3. The molecule has 0 saturated heterocycles. The van der Waals surface area contributed by atoms with Gasteiger partial charge in [0.25, 0.3) is 0 Å². The van der Waals surface area contributed by atoms with Gasteiger partial charge in [-0.05, 0) is 42.8 Å². The van der Waals surface area contributed by atoms with Crippen LogP contribution in [0.4, 0.5) is 5.69 Å². The Morgan fingerprint density at radius 2 is 1.95 bits per heavy atom. The molecule has 0 bridgehead atoms. The molecule has 2 aromatic rings. The van der Waals surface area contributed by atoms with E-state index in [1.54, 1.807) is 37.3 Å². The van der Waals surface area contributed by atoms with E-state index in [0.717, 1.165) is 0 Å². The van der Waals surface area contributed by atoms with Crippen LogP contribution in [0.15, 0.2) is 40.9 Å². The summed E-state index contributed by atoms with van der Waals surface area (Å²) in [5.41, 5.74) is 1.04. The van der Waals surface area contributed by atoms with Crippen molar-refractivity contribution in [3.63, 3.8) is 0 Å². The molecule has 0 atom stereocenters. The van der Waals surface area contributed by atoms with Gasteiger partial charge < -0.3 is 4.74 Å². The first-order valence-corrected chi connectivity index (χ1v) is 6.43. The lowest BCUT2D eigenvalue weighted by Crippen LogP contribution is -1.96. The molecule has 0 aliphatic rings. The maximum absolute atomic E-state index is 11.1. The number of nitro groups is 1. The van der Waals surface area contributed by atoms with Crippen LogP contribution in [0.5, 0.6) is 11.5 Å². The van der Waals surface area contributed by atoms with Gasteiger partial charge >= 0.3 is 5.69 Å². The van der Waals surface area contributed by atoms with E-state index in [9.17, 15) is 10.1 Å². The molecule has 0 radical (unpaired) electrons. The van der Waals surface area contributed by atoms with Crippen molar-refractivity contribution < 1.29 is 9.66 Å². The molecular weight excluding hydrogens is 324 g/mol. The van der Waals surface area contributed by atoms with E-state index in [0.29, 0.717) is 21.3 Å². The minimum atomic E-state index is -0.489. The lowest BCUT2D eigenvalue weighted by Gasteiger charge is -2.09. The van der Waals surface area contributed by atoms with Gasteiger partial charge in [-0.25, -0.2) is 0 Å². The number of hydrogen-bond acceptors (Lipinski definition) is 4. The Labute approximate surface area is 123 Å². The lowest BCUT2D eigenvalue weighted by atomic mass is 10.2. The van der Waals surface area contributed by atoms with Crippen LogP contribution in [-0.2, 0) is 0 Å². The number of nitrogens with zero attached hydrogens (tertiary/aromatic N) is 2. The predicted octanol–water partition coefficient (Wildman–Crippen LogP) is 4.33. The molecule has 0 amide bonds. The highest BCUT2D eigenvalue weighted by atomic mass is 79.9. The Balaban J connectivity index is 2.42. The van der Waals surface area contributed by atoms with Crippen LogP contribution in [0.3, 0.4) is 0 Å². The van der Waals surface area contributed by atoms with Gasteiger partial charge in [-0.1, -0.05) is 15.9 Å². The average Bonchev–Trinajstić information content (AvgIpc) is 2.42. The van der Waals surface area contributed by atoms with E-state index in [4.69, 9.17) is 10.00 Å². The molecule has 6 heteroatoms. The SMILES string of the molecule is Cc1cc(Br)cc([N+](=O)[O-])c1Oc1ccc(C#N)cc1. The molecule has 0 saturated carbocycles. The van der Waals surface area contributed by atoms with E-state index in [2.05, 4.69) is 15.9 Å². The number of halogens is 1. The Hall–Kier alpha value is -2.39. The summed E-state index contributed by atoms with van der Waals surface area (Å²) >= 11 is 3.22. The molecule has 5 nitrogen and oxygen atoms in total. The largest absolute Gasteiger partial charge is 0.450 e. The molecule has 0 heterocycles. The van der Waals surface area contributed by atoms with Crippen molar-refractivity contribution in [1.82, 2.24) is 0 Å². The summed E-state index contributed by atoms with van der Waals surface area (Å²) in [6, 6.07) is 11.5. The van der Waals surface area contributed by atoms with E-state index < -0.39 is 4.92 Å². The van der Waals surface area contributed by atoms with E-state index in [1.165, 1.54) is 6.07 Å². The van der Waals surface area contributed by atoms with Crippen LogP contribution in [0.1, 0.15) is 11.1 Å². The van der Waals surface area contributed by atoms with Gasteiger partial charge in [0.1, 0.15) is 5.75 Å². The Bertz CT molecular complexity index is 706. The first-order valence-electron chi connectivity index (χ1n) is 5.64. The third-order valence-corrected chi connectivity index (χ3v) is 3.08. The van der Waals surface area contributed by atoms with Gasteiger partial charge in [0.2, 0.25) is 5.75 Å². The summed E-state index contributed by atoms with van der Waals surface area (Å²) in [6.07, 6.45) is 0. The highest BCUT2D eigenvalue weighted by molar-refractivity contribution is 9.10. The molecule has 0 aliphatic carbocycles. The zero-order chi connectivity index (χ0) is 14.7. The zero-order valence-corrected chi connectivity index (χ0v) is 12.0. The monoisotopic (exact) mass is 332 g/mol. The summed E-state index contributed by atoms with van der Waals surface area (Å²) in [5, 5.41) is 19.8. The molecule has 0 aromatic heterocycles. The molecular formula is C14H9BrN2O3. The second kappa shape index (κ2) is 5.72. The number of rotatable bonds is 3.